The number of hydrogen-bond acceptors (Lipinski definition) is 5. The Morgan fingerprint density at radius 2 is 1.83 bits per heavy atom. The Morgan fingerprint density at radius 1 is 1.10 bits per heavy atom. The Kier molecular flexibility index (Phi) is 10.4. The van der Waals surface area contributed by atoms with Crippen molar-refractivity contribution in [2.24, 2.45) is 4.99 Å². The third kappa shape index (κ3) is 8.30. The van der Waals surface area contributed by atoms with Gasteiger partial charge in [-0.3, -0.25) is 4.90 Å². The number of rotatable bonds is 8. The summed E-state index contributed by atoms with van der Waals surface area (Å²) in [5.74, 6) is 2.11. The molecule has 2 aromatic rings. The van der Waals surface area contributed by atoms with Gasteiger partial charge in [-0.1, -0.05) is 35.8 Å². The second-order valence-corrected chi connectivity index (χ2v) is 7.26. The molecule has 0 spiro atoms. The van der Waals surface area contributed by atoms with Gasteiger partial charge in [-0.2, -0.15) is 4.98 Å². The van der Waals surface area contributed by atoms with Gasteiger partial charge in [-0.25, -0.2) is 4.99 Å². The molecule has 0 atom stereocenters. The van der Waals surface area contributed by atoms with Crippen LogP contribution in [0.3, 0.4) is 0 Å². The molecule has 1 saturated heterocycles. The third-order valence-corrected chi connectivity index (χ3v) is 4.84. The van der Waals surface area contributed by atoms with E-state index in [4.69, 9.17) is 4.52 Å². The van der Waals surface area contributed by atoms with Crippen LogP contribution >= 0.6 is 24.0 Å². The van der Waals surface area contributed by atoms with Crippen LogP contribution in [0.5, 0.6) is 0 Å². The highest BCUT2D eigenvalue weighted by Gasteiger charge is 2.10. The van der Waals surface area contributed by atoms with Gasteiger partial charge in [0.2, 0.25) is 5.89 Å². The maximum atomic E-state index is 5.14. The average Bonchev–Trinajstić information content (AvgIpc) is 3.13. The lowest BCUT2D eigenvalue weighted by molar-refractivity contribution is 0.221. The zero-order valence-corrected chi connectivity index (χ0v) is 19.8. The second-order valence-electron chi connectivity index (χ2n) is 7.26. The monoisotopic (exact) mass is 512 g/mol. The van der Waals surface area contributed by atoms with E-state index in [9.17, 15) is 0 Å². The van der Waals surface area contributed by atoms with Gasteiger partial charge in [-0.05, 0) is 50.9 Å². The Morgan fingerprint density at radius 3 is 2.48 bits per heavy atom. The molecule has 1 aliphatic heterocycles. The van der Waals surface area contributed by atoms with E-state index in [2.05, 4.69) is 61.9 Å². The molecule has 3 rings (SSSR count). The summed E-state index contributed by atoms with van der Waals surface area (Å²) in [5.41, 5.74) is 2.60. The van der Waals surface area contributed by atoms with Crippen LogP contribution in [0.1, 0.15) is 49.0 Å². The number of piperidine rings is 1. The lowest BCUT2D eigenvalue weighted by Gasteiger charge is -2.26. The number of nitrogens with one attached hydrogen (secondary N) is 2. The Hall–Kier alpha value is -1.68. The smallest absolute Gasteiger partial charge is 0.228 e. The van der Waals surface area contributed by atoms with E-state index in [1.165, 1.54) is 43.5 Å². The first kappa shape index (κ1) is 23.6. The van der Waals surface area contributed by atoms with Crippen molar-refractivity contribution in [2.45, 2.75) is 52.6 Å². The predicted octanol–water partition coefficient (Wildman–Crippen LogP) is 3.28. The fraction of sp³-hybridized carbons (Fsp3) is 0.571. The molecule has 0 amide bonds. The molecule has 7 nitrogen and oxygen atoms in total. The molecule has 1 aromatic heterocycles. The molecule has 1 fully saturated rings. The largest absolute Gasteiger partial charge is 0.357 e. The maximum absolute atomic E-state index is 5.14. The van der Waals surface area contributed by atoms with Crippen LogP contribution in [-0.2, 0) is 19.5 Å². The van der Waals surface area contributed by atoms with Gasteiger partial charge in [-0.15, -0.1) is 24.0 Å². The van der Waals surface area contributed by atoms with Gasteiger partial charge in [0.1, 0.15) is 0 Å². The van der Waals surface area contributed by atoms with Gasteiger partial charge in [0.05, 0.1) is 6.54 Å². The van der Waals surface area contributed by atoms with Gasteiger partial charge in [0, 0.05) is 26.1 Å². The first-order valence-electron chi connectivity index (χ1n) is 10.3. The molecule has 1 aromatic carbocycles. The summed E-state index contributed by atoms with van der Waals surface area (Å²) in [6.07, 6.45) is 4.72. The van der Waals surface area contributed by atoms with E-state index in [1.807, 2.05) is 6.92 Å². The normalized spacial score (nSPS) is 15.0. The summed E-state index contributed by atoms with van der Waals surface area (Å²) in [7, 11) is 0. The number of aryl methyl sites for hydroxylation is 1. The fourth-order valence-corrected chi connectivity index (χ4v) is 3.37. The van der Waals surface area contributed by atoms with Crippen LogP contribution in [0, 0.1) is 6.92 Å². The van der Waals surface area contributed by atoms with Crippen molar-refractivity contribution in [3.05, 3.63) is 47.1 Å². The van der Waals surface area contributed by atoms with E-state index in [-0.39, 0.29) is 24.0 Å². The molecule has 0 unspecified atom stereocenters. The molecule has 160 valence electrons. The van der Waals surface area contributed by atoms with Crippen molar-refractivity contribution < 1.29 is 4.52 Å². The molecule has 29 heavy (non-hydrogen) atoms. The summed E-state index contributed by atoms with van der Waals surface area (Å²) in [4.78, 5) is 11.4. The van der Waals surface area contributed by atoms with Crippen molar-refractivity contribution in [3.8, 4) is 0 Å². The van der Waals surface area contributed by atoms with Crippen LogP contribution in [-0.4, -0.2) is 47.2 Å². The van der Waals surface area contributed by atoms with Crippen molar-refractivity contribution >= 4 is 29.9 Å². The Bertz CT molecular complexity index is 740. The first-order valence-corrected chi connectivity index (χ1v) is 10.3. The summed E-state index contributed by atoms with van der Waals surface area (Å²) in [6, 6.07) is 8.84. The third-order valence-electron chi connectivity index (χ3n) is 4.84. The molecule has 0 radical (unpaired) electrons. The molecular weight excluding hydrogens is 479 g/mol. The SMILES string of the molecule is CCNC(=NCc1ccc(CN2CCCCC2)cc1)NCCc1nc(C)no1.I. The number of hydrogen-bond donors (Lipinski definition) is 2. The minimum Gasteiger partial charge on any atom is -0.357 e. The van der Waals surface area contributed by atoms with Crippen LogP contribution < -0.4 is 10.6 Å². The lowest BCUT2D eigenvalue weighted by Crippen LogP contribution is -2.38. The Labute approximate surface area is 190 Å². The van der Waals surface area contributed by atoms with Crippen molar-refractivity contribution in [1.29, 1.82) is 0 Å². The zero-order valence-electron chi connectivity index (χ0n) is 17.5. The maximum Gasteiger partial charge on any atom is 0.228 e. The molecule has 2 heterocycles. The van der Waals surface area contributed by atoms with Crippen LogP contribution in [0.25, 0.3) is 0 Å². The van der Waals surface area contributed by atoms with E-state index in [0.717, 1.165) is 19.0 Å². The highest BCUT2D eigenvalue weighted by Crippen LogP contribution is 2.14. The number of likely N-dealkylation sites (tertiary alicyclic amines) is 1. The molecule has 0 bridgehead atoms. The van der Waals surface area contributed by atoms with Gasteiger partial charge in [0.25, 0.3) is 0 Å². The molecule has 8 heteroatoms. The fourth-order valence-electron chi connectivity index (χ4n) is 3.37. The van der Waals surface area contributed by atoms with Gasteiger partial charge >= 0.3 is 0 Å². The van der Waals surface area contributed by atoms with E-state index in [0.29, 0.717) is 31.2 Å². The van der Waals surface area contributed by atoms with E-state index >= 15 is 0 Å². The zero-order chi connectivity index (χ0) is 19.6. The Balaban J connectivity index is 0.00000300. The minimum absolute atomic E-state index is 0. The van der Waals surface area contributed by atoms with Gasteiger partial charge in [0.15, 0.2) is 11.8 Å². The topological polar surface area (TPSA) is 78.6 Å². The minimum atomic E-state index is 0. The lowest BCUT2D eigenvalue weighted by atomic mass is 10.1. The number of halogens is 1. The quantitative estimate of drug-likeness (QED) is 0.321. The van der Waals surface area contributed by atoms with E-state index in [1.54, 1.807) is 0 Å². The molecule has 2 N–H and O–H groups in total. The summed E-state index contributed by atoms with van der Waals surface area (Å²) >= 11 is 0. The van der Waals surface area contributed by atoms with Crippen molar-refractivity contribution in [2.75, 3.05) is 26.2 Å². The van der Waals surface area contributed by atoms with Crippen molar-refractivity contribution in [3.63, 3.8) is 0 Å². The molecule has 0 aliphatic carbocycles. The predicted molar refractivity (Wildman–Crippen MR) is 127 cm³/mol. The number of benzene rings is 1. The van der Waals surface area contributed by atoms with E-state index < -0.39 is 0 Å². The summed E-state index contributed by atoms with van der Waals surface area (Å²) < 4.78 is 5.14. The number of aliphatic imine (C=N–C) groups is 1. The molecular formula is C21H33IN6O. The van der Waals surface area contributed by atoms with Crippen LogP contribution in [0.15, 0.2) is 33.8 Å². The summed E-state index contributed by atoms with van der Waals surface area (Å²) in [6.45, 7) is 9.57. The summed E-state index contributed by atoms with van der Waals surface area (Å²) in [5, 5.41) is 10.4. The van der Waals surface area contributed by atoms with Gasteiger partial charge < -0.3 is 15.2 Å². The average molecular weight is 512 g/mol. The highest BCUT2D eigenvalue weighted by molar-refractivity contribution is 14.0. The standard InChI is InChI=1S/C21H32N6O.HI/c1-3-22-21(23-12-11-20-25-17(2)26-28-20)24-15-18-7-9-19(10-8-18)16-27-13-5-4-6-14-27;/h7-10H,3-6,11-16H2,1-2H3,(H2,22,23,24);1H. The second kappa shape index (κ2) is 12.8. The van der Waals surface area contributed by atoms with Crippen LogP contribution in [0.4, 0.5) is 0 Å². The number of aromatic nitrogens is 2. The highest BCUT2D eigenvalue weighted by atomic mass is 127. The molecule has 0 saturated carbocycles. The number of nitrogens with zero attached hydrogens (tertiary/aromatic N) is 4. The number of guanidine groups is 1. The van der Waals surface area contributed by atoms with Crippen LogP contribution in [0.2, 0.25) is 0 Å². The molecule has 1 aliphatic rings. The first-order chi connectivity index (χ1) is 13.7. The van der Waals surface area contributed by atoms with Crippen molar-refractivity contribution in [1.82, 2.24) is 25.7 Å².